The third-order valence-corrected chi connectivity index (χ3v) is 4.98. The summed E-state index contributed by atoms with van der Waals surface area (Å²) < 4.78 is 22.4. The van der Waals surface area contributed by atoms with Crippen molar-refractivity contribution in [2.45, 2.75) is 38.7 Å². The summed E-state index contributed by atoms with van der Waals surface area (Å²) >= 11 is 0. The molecule has 1 fully saturated rings. The largest absolute Gasteiger partial charge is 0.393 e. The van der Waals surface area contributed by atoms with Crippen molar-refractivity contribution in [3.8, 4) is 0 Å². The van der Waals surface area contributed by atoms with Crippen molar-refractivity contribution < 1.29 is 13.5 Å². The quantitative estimate of drug-likeness (QED) is 0.675. The molecule has 0 heterocycles. The Morgan fingerprint density at radius 1 is 1.25 bits per heavy atom. The van der Waals surface area contributed by atoms with E-state index in [0.29, 0.717) is 12.5 Å². The van der Waals surface area contributed by atoms with Crippen molar-refractivity contribution >= 4 is 9.84 Å². The molecule has 1 rings (SSSR count). The number of hydrogen-bond acceptors (Lipinski definition) is 4. The molecular formula is C11H23NO3S. The van der Waals surface area contributed by atoms with E-state index in [0.717, 1.165) is 32.2 Å². The Morgan fingerprint density at radius 2 is 1.88 bits per heavy atom. The first kappa shape index (κ1) is 13.9. The Balaban J connectivity index is 2.08. The van der Waals surface area contributed by atoms with Gasteiger partial charge in [0.25, 0.3) is 0 Å². The zero-order valence-electron chi connectivity index (χ0n) is 9.98. The van der Waals surface area contributed by atoms with Crippen LogP contribution in [-0.4, -0.2) is 44.2 Å². The lowest BCUT2D eigenvalue weighted by molar-refractivity contribution is 0.108. The third-order valence-electron chi connectivity index (χ3n) is 3.28. The minimum atomic E-state index is -2.83. The number of rotatable bonds is 6. The molecule has 0 aromatic rings. The lowest BCUT2D eigenvalue weighted by Gasteiger charge is -2.25. The Morgan fingerprint density at radius 3 is 2.44 bits per heavy atom. The van der Waals surface area contributed by atoms with Gasteiger partial charge in [0, 0.05) is 12.3 Å². The average Bonchev–Trinajstić information content (AvgIpc) is 2.27. The van der Waals surface area contributed by atoms with Crippen LogP contribution in [0.25, 0.3) is 0 Å². The van der Waals surface area contributed by atoms with Crippen LogP contribution in [0.3, 0.4) is 0 Å². The molecule has 96 valence electrons. The summed E-state index contributed by atoms with van der Waals surface area (Å²) in [5.74, 6) is 1.07. The van der Waals surface area contributed by atoms with Gasteiger partial charge >= 0.3 is 0 Å². The van der Waals surface area contributed by atoms with Crippen molar-refractivity contribution in [2.75, 3.05) is 24.6 Å². The van der Waals surface area contributed by atoms with Crippen LogP contribution in [0.4, 0.5) is 0 Å². The van der Waals surface area contributed by atoms with Crippen LogP contribution in [-0.2, 0) is 9.84 Å². The van der Waals surface area contributed by atoms with Crippen molar-refractivity contribution in [3.05, 3.63) is 0 Å². The standard InChI is InChI=1S/C11H23NO3S/c1-2-16(14,15)8-7-12-9-10-3-5-11(13)6-4-10/h10-13H,2-9H2,1H3. The molecule has 1 saturated carbocycles. The van der Waals surface area contributed by atoms with E-state index in [4.69, 9.17) is 0 Å². The molecule has 4 nitrogen and oxygen atoms in total. The van der Waals surface area contributed by atoms with Crippen molar-refractivity contribution in [1.29, 1.82) is 0 Å². The second-order valence-electron chi connectivity index (χ2n) is 4.62. The molecular weight excluding hydrogens is 226 g/mol. The van der Waals surface area contributed by atoms with Gasteiger partial charge in [-0.15, -0.1) is 0 Å². The maximum absolute atomic E-state index is 11.2. The molecule has 0 amide bonds. The number of aliphatic hydroxyl groups is 1. The summed E-state index contributed by atoms with van der Waals surface area (Å²) in [5, 5.41) is 12.5. The summed E-state index contributed by atoms with van der Waals surface area (Å²) in [6, 6.07) is 0. The van der Waals surface area contributed by atoms with Crippen molar-refractivity contribution in [1.82, 2.24) is 5.32 Å². The highest BCUT2D eigenvalue weighted by Gasteiger charge is 2.18. The Bertz CT molecular complexity index is 282. The van der Waals surface area contributed by atoms with Crippen LogP contribution in [0.1, 0.15) is 32.6 Å². The van der Waals surface area contributed by atoms with Gasteiger partial charge in [0.2, 0.25) is 0 Å². The molecule has 1 aliphatic carbocycles. The van der Waals surface area contributed by atoms with Gasteiger partial charge in [0.15, 0.2) is 9.84 Å². The Labute approximate surface area is 98.4 Å². The van der Waals surface area contributed by atoms with Gasteiger partial charge in [0.05, 0.1) is 11.9 Å². The van der Waals surface area contributed by atoms with E-state index in [-0.39, 0.29) is 17.6 Å². The highest BCUT2D eigenvalue weighted by Crippen LogP contribution is 2.23. The zero-order chi connectivity index (χ0) is 12.0. The fraction of sp³-hybridized carbons (Fsp3) is 1.00. The number of aliphatic hydroxyl groups excluding tert-OH is 1. The Kier molecular flexibility index (Phi) is 5.72. The molecule has 2 N–H and O–H groups in total. The topological polar surface area (TPSA) is 66.4 Å². The number of sulfone groups is 1. The molecule has 0 radical (unpaired) electrons. The summed E-state index contributed by atoms with van der Waals surface area (Å²) in [5.41, 5.74) is 0. The maximum atomic E-state index is 11.2. The fourth-order valence-electron chi connectivity index (χ4n) is 2.03. The van der Waals surface area contributed by atoms with E-state index in [9.17, 15) is 13.5 Å². The lowest BCUT2D eigenvalue weighted by atomic mass is 9.87. The summed E-state index contributed by atoms with van der Waals surface area (Å²) in [7, 11) is -2.83. The molecule has 0 saturated heterocycles. The van der Waals surface area contributed by atoms with Gasteiger partial charge in [0.1, 0.15) is 0 Å². The maximum Gasteiger partial charge on any atom is 0.151 e. The predicted octanol–water partition coefficient (Wildman–Crippen LogP) is 0.562. The van der Waals surface area contributed by atoms with Crippen molar-refractivity contribution in [2.24, 2.45) is 5.92 Å². The van der Waals surface area contributed by atoms with E-state index in [1.807, 2.05) is 0 Å². The minimum absolute atomic E-state index is 0.114. The van der Waals surface area contributed by atoms with E-state index >= 15 is 0 Å². The molecule has 0 unspecified atom stereocenters. The lowest BCUT2D eigenvalue weighted by Crippen LogP contribution is -2.31. The normalized spacial score (nSPS) is 26.9. The number of nitrogens with one attached hydrogen (secondary N) is 1. The Hall–Kier alpha value is -0.130. The summed E-state index contributed by atoms with van der Waals surface area (Å²) in [6.45, 7) is 3.11. The summed E-state index contributed by atoms with van der Waals surface area (Å²) in [4.78, 5) is 0. The monoisotopic (exact) mass is 249 g/mol. The molecule has 0 aliphatic heterocycles. The van der Waals surface area contributed by atoms with E-state index in [1.165, 1.54) is 0 Å². The van der Waals surface area contributed by atoms with Crippen LogP contribution < -0.4 is 5.32 Å². The highest BCUT2D eigenvalue weighted by atomic mass is 32.2. The first-order valence-electron chi connectivity index (χ1n) is 6.12. The van der Waals surface area contributed by atoms with E-state index < -0.39 is 9.84 Å². The molecule has 0 bridgehead atoms. The smallest absolute Gasteiger partial charge is 0.151 e. The molecule has 1 aliphatic rings. The molecule has 0 spiro atoms. The van der Waals surface area contributed by atoms with Crippen molar-refractivity contribution in [3.63, 3.8) is 0 Å². The number of hydrogen-bond donors (Lipinski definition) is 2. The molecule has 5 heteroatoms. The zero-order valence-corrected chi connectivity index (χ0v) is 10.8. The van der Waals surface area contributed by atoms with Crippen LogP contribution >= 0.6 is 0 Å². The van der Waals surface area contributed by atoms with E-state index in [1.54, 1.807) is 6.92 Å². The molecule has 0 atom stereocenters. The van der Waals surface area contributed by atoms with Crippen LogP contribution in [0.2, 0.25) is 0 Å². The molecule has 0 aromatic heterocycles. The molecule has 16 heavy (non-hydrogen) atoms. The first-order valence-corrected chi connectivity index (χ1v) is 7.95. The fourth-order valence-corrected chi connectivity index (χ4v) is 2.77. The van der Waals surface area contributed by atoms with Gasteiger partial charge in [-0.25, -0.2) is 8.42 Å². The van der Waals surface area contributed by atoms with Gasteiger partial charge in [-0.2, -0.15) is 0 Å². The minimum Gasteiger partial charge on any atom is -0.393 e. The first-order chi connectivity index (χ1) is 7.53. The summed E-state index contributed by atoms with van der Waals surface area (Å²) in [6.07, 6.45) is 3.76. The SMILES string of the molecule is CCS(=O)(=O)CCNCC1CCC(O)CC1. The van der Waals surface area contributed by atoms with Gasteiger partial charge < -0.3 is 10.4 Å². The predicted molar refractivity (Wildman–Crippen MR) is 65.2 cm³/mol. The molecule has 0 aromatic carbocycles. The van der Waals surface area contributed by atoms with Gasteiger partial charge in [-0.05, 0) is 38.1 Å². The second-order valence-corrected chi connectivity index (χ2v) is 7.09. The van der Waals surface area contributed by atoms with Crippen LogP contribution in [0, 0.1) is 5.92 Å². The highest BCUT2D eigenvalue weighted by molar-refractivity contribution is 7.91. The second kappa shape index (κ2) is 6.57. The third kappa shape index (κ3) is 5.27. The van der Waals surface area contributed by atoms with Gasteiger partial charge in [-0.3, -0.25) is 0 Å². The average molecular weight is 249 g/mol. The van der Waals surface area contributed by atoms with Gasteiger partial charge in [-0.1, -0.05) is 6.92 Å². The van der Waals surface area contributed by atoms with E-state index in [2.05, 4.69) is 5.32 Å². The van der Waals surface area contributed by atoms with Crippen LogP contribution in [0.15, 0.2) is 0 Å². The van der Waals surface area contributed by atoms with Crippen LogP contribution in [0.5, 0.6) is 0 Å².